The molecular weight excluding hydrogens is 328 g/mol. The topological polar surface area (TPSA) is 49.3 Å². The normalized spacial score (nSPS) is 12.0. The second-order valence-corrected chi connectivity index (χ2v) is 5.69. The van der Waals surface area contributed by atoms with Crippen molar-refractivity contribution in [3.63, 3.8) is 0 Å². The number of aliphatic hydroxyl groups excluding tert-OH is 1. The van der Waals surface area contributed by atoms with Gasteiger partial charge in [-0.3, -0.25) is 4.79 Å². The molecule has 1 atom stereocenters. The number of anilines is 1. The molecule has 0 aromatic heterocycles. The molecule has 2 N–H and O–H groups in total. The van der Waals surface area contributed by atoms with Gasteiger partial charge in [-0.25, -0.2) is 4.39 Å². The molecule has 0 aliphatic heterocycles. The number of nitrogens with one attached hydrogen (secondary N) is 1. The van der Waals surface area contributed by atoms with Crippen LogP contribution in [0, 0.1) is 5.82 Å². The molecule has 0 saturated carbocycles. The zero-order valence-electron chi connectivity index (χ0n) is 11.7. The Balaban J connectivity index is 2.16. The predicted octanol–water partition coefficient (Wildman–Crippen LogP) is 4.48. The van der Waals surface area contributed by atoms with Crippen molar-refractivity contribution in [2.24, 2.45) is 0 Å². The van der Waals surface area contributed by atoms with E-state index in [1.54, 1.807) is 24.3 Å². The van der Waals surface area contributed by atoms with Gasteiger partial charge in [-0.1, -0.05) is 29.3 Å². The van der Waals surface area contributed by atoms with E-state index in [4.69, 9.17) is 23.2 Å². The summed E-state index contributed by atoms with van der Waals surface area (Å²) in [5.74, 6) is -0.987. The quantitative estimate of drug-likeness (QED) is 0.788. The van der Waals surface area contributed by atoms with E-state index in [1.165, 1.54) is 19.1 Å². The van der Waals surface area contributed by atoms with Gasteiger partial charge in [-0.05, 0) is 42.8 Å². The number of hydrogen-bond acceptors (Lipinski definition) is 3. The monoisotopic (exact) mass is 341 g/mol. The van der Waals surface area contributed by atoms with E-state index in [2.05, 4.69) is 5.32 Å². The minimum Gasteiger partial charge on any atom is -0.387 e. The maximum Gasteiger partial charge on any atom is 0.164 e. The Morgan fingerprint density at radius 1 is 1.27 bits per heavy atom. The molecule has 2 rings (SSSR count). The highest BCUT2D eigenvalue weighted by Gasteiger charge is 2.15. The van der Waals surface area contributed by atoms with Crippen LogP contribution in [0.2, 0.25) is 10.0 Å². The van der Waals surface area contributed by atoms with Crippen LogP contribution in [-0.2, 0) is 0 Å². The third-order valence-electron chi connectivity index (χ3n) is 3.12. The Morgan fingerprint density at radius 2 is 1.91 bits per heavy atom. The van der Waals surface area contributed by atoms with Crippen LogP contribution in [0.3, 0.4) is 0 Å². The second-order valence-electron chi connectivity index (χ2n) is 4.82. The lowest BCUT2D eigenvalue weighted by atomic mass is 10.1. The SMILES string of the molecule is CC(=O)c1c(F)cccc1NCC(O)c1cc(Cl)cc(Cl)c1. The lowest BCUT2D eigenvalue weighted by Gasteiger charge is -2.16. The van der Waals surface area contributed by atoms with Gasteiger partial charge in [0.25, 0.3) is 0 Å². The van der Waals surface area contributed by atoms with Crippen LogP contribution in [0.4, 0.5) is 10.1 Å². The smallest absolute Gasteiger partial charge is 0.164 e. The van der Waals surface area contributed by atoms with Crippen molar-refractivity contribution < 1.29 is 14.3 Å². The fraction of sp³-hybridized carbons (Fsp3) is 0.188. The van der Waals surface area contributed by atoms with E-state index in [0.717, 1.165) is 0 Å². The summed E-state index contributed by atoms with van der Waals surface area (Å²) in [6, 6.07) is 9.04. The van der Waals surface area contributed by atoms with Gasteiger partial charge in [0.1, 0.15) is 5.82 Å². The first-order chi connectivity index (χ1) is 10.4. The summed E-state index contributed by atoms with van der Waals surface area (Å²) >= 11 is 11.8. The zero-order chi connectivity index (χ0) is 16.3. The molecule has 0 fully saturated rings. The molecule has 2 aromatic rings. The first-order valence-corrected chi connectivity index (χ1v) is 7.31. The number of carbonyl (C=O) groups is 1. The summed E-state index contributed by atoms with van der Waals surface area (Å²) in [4.78, 5) is 11.5. The fourth-order valence-electron chi connectivity index (χ4n) is 2.12. The summed E-state index contributed by atoms with van der Waals surface area (Å²) in [6.07, 6.45) is -0.903. The number of carbonyl (C=O) groups excluding carboxylic acids is 1. The van der Waals surface area contributed by atoms with Gasteiger partial charge in [-0.15, -0.1) is 0 Å². The van der Waals surface area contributed by atoms with Crippen LogP contribution < -0.4 is 5.32 Å². The highest BCUT2D eigenvalue weighted by atomic mass is 35.5. The van der Waals surface area contributed by atoms with Crippen molar-refractivity contribution in [1.82, 2.24) is 0 Å². The van der Waals surface area contributed by atoms with Crippen LogP contribution in [-0.4, -0.2) is 17.4 Å². The van der Waals surface area contributed by atoms with E-state index in [9.17, 15) is 14.3 Å². The van der Waals surface area contributed by atoms with Crippen LogP contribution in [0.1, 0.15) is 28.9 Å². The van der Waals surface area contributed by atoms with Gasteiger partial charge in [0.05, 0.1) is 11.7 Å². The number of hydrogen-bond donors (Lipinski definition) is 2. The van der Waals surface area contributed by atoms with Crippen molar-refractivity contribution in [3.05, 3.63) is 63.4 Å². The number of ketones is 1. The van der Waals surface area contributed by atoms with E-state index < -0.39 is 11.9 Å². The molecular formula is C16H14Cl2FNO2. The summed E-state index contributed by atoms with van der Waals surface area (Å²) < 4.78 is 13.7. The molecule has 0 aliphatic carbocycles. The summed E-state index contributed by atoms with van der Waals surface area (Å²) in [6.45, 7) is 1.37. The van der Waals surface area contributed by atoms with Crippen LogP contribution >= 0.6 is 23.2 Å². The van der Waals surface area contributed by atoms with Gasteiger partial charge in [0.15, 0.2) is 5.78 Å². The number of rotatable bonds is 5. The standard InChI is InChI=1S/C16H14Cl2FNO2/c1-9(21)16-13(19)3-2-4-14(16)20-8-15(22)10-5-11(17)7-12(18)6-10/h2-7,15,20,22H,8H2,1H3. The summed E-state index contributed by atoms with van der Waals surface area (Å²) in [7, 11) is 0. The Morgan fingerprint density at radius 3 is 2.50 bits per heavy atom. The summed E-state index contributed by atoms with van der Waals surface area (Å²) in [5, 5.41) is 13.9. The zero-order valence-corrected chi connectivity index (χ0v) is 13.2. The van der Waals surface area contributed by atoms with Crippen molar-refractivity contribution >= 4 is 34.7 Å². The maximum absolute atomic E-state index is 13.7. The molecule has 3 nitrogen and oxygen atoms in total. The van der Waals surface area contributed by atoms with Crippen LogP contribution in [0.25, 0.3) is 0 Å². The molecule has 0 amide bonds. The lowest BCUT2D eigenvalue weighted by molar-refractivity contribution is 0.101. The number of benzene rings is 2. The average molecular weight is 342 g/mol. The fourth-order valence-corrected chi connectivity index (χ4v) is 2.66. The minimum absolute atomic E-state index is 0.0289. The molecule has 0 saturated heterocycles. The molecule has 6 heteroatoms. The number of Topliss-reactive ketones (excluding diaryl/α,β-unsaturated/α-hetero) is 1. The highest BCUT2D eigenvalue weighted by Crippen LogP contribution is 2.25. The van der Waals surface area contributed by atoms with Crippen molar-refractivity contribution in [1.29, 1.82) is 0 Å². The average Bonchev–Trinajstić information content (AvgIpc) is 2.43. The molecule has 0 spiro atoms. The molecule has 0 heterocycles. The van der Waals surface area contributed by atoms with Crippen LogP contribution in [0.15, 0.2) is 36.4 Å². The molecule has 0 bridgehead atoms. The third kappa shape index (κ3) is 3.97. The Labute approximate surface area is 137 Å². The van der Waals surface area contributed by atoms with Gasteiger partial charge >= 0.3 is 0 Å². The Hall–Kier alpha value is -1.62. The van der Waals surface area contributed by atoms with Crippen molar-refractivity contribution in [3.8, 4) is 0 Å². The number of halogens is 3. The number of aliphatic hydroxyl groups is 1. The van der Waals surface area contributed by atoms with Crippen molar-refractivity contribution in [2.45, 2.75) is 13.0 Å². The first-order valence-electron chi connectivity index (χ1n) is 6.56. The summed E-state index contributed by atoms with van der Waals surface area (Å²) in [5.41, 5.74) is 0.837. The Bertz CT molecular complexity index is 686. The van der Waals surface area contributed by atoms with E-state index in [-0.39, 0.29) is 17.9 Å². The van der Waals surface area contributed by atoms with Crippen LogP contribution in [0.5, 0.6) is 0 Å². The second kappa shape index (κ2) is 7.09. The van der Waals surface area contributed by atoms with Gasteiger partial charge in [-0.2, -0.15) is 0 Å². The van der Waals surface area contributed by atoms with E-state index >= 15 is 0 Å². The van der Waals surface area contributed by atoms with Gasteiger partial charge in [0.2, 0.25) is 0 Å². The maximum atomic E-state index is 13.7. The highest BCUT2D eigenvalue weighted by molar-refractivity contribution is 6.34. The molecule has 1 unspecified atom stereocenters. The van der Waals surface area contributed by atoms with Gasteiger partial charge in [0, 0.05) is 22.3 Å². The molecule has 0 radical (unpaired) electrons. The van der Waals surface area contributed by atoms with E-state index in [1.807, 2.05) is 0 Å². The predicted molar refractivity (Wildman–Crippen MR) is 86.3 cm³/mol. The lowest BCUT2D eigenvalue weighted by Crippen LogP contribution is -2.14. The Kier molecular flexibility index (Phi) is 5.40. The van der Waals surface area contributed by atoms with E-state index in [0.29, 0.717) is 21.3 Å². The third-order valence-corrected chi connectivity index (χ3v) is 3.56. The molecule has 0 aliphatic rings. The molecule has 116 valence electrons. The largest absolute Gasteiger partial charge is 0.387 e. The van der Waals surface area contributed by atoms with Crippen molar-refractivity contribution in [2.75, 3.05) is 11.9 Å². The first kappa shape index (κ1) is 16.7. The minimum atomic E-state index is -0.903. The van der Waals surface area contributed by atoms with Gasteiger partial charge < -0.3 is 10.4 Å². The molecule has 2 aromatic carbocycles. The molecule has 22 heavy (non-hydrogen) atoms.